The van der Waals surface area contributed by atoms with Crippen LogP contribution in [0.25, 0.3) is 10.8 Å². The Balaban J connectivity index is 2.77. The fraction of sp³-hybridized carbons (Fsp3) is 0.0909. The molecule has 0 aliphatic heterocycles. The van der Waals surface area contributed by atoms with Crippen molar-refractivity contribution >= 4 is 22.4 Å². The Hall–Kier alpha value is -1.21. The van der Waals surface area contributed by atoms with Crippen LogP contribution in [0, 0.1) is 0 Å². The topological polar surface area (TPSA) is 20.2 Å². The third-order valence-corrected chi connectivity index (χ3v) is 2.36. The van der Waals surface area contributed by atoms with E-state index in [2.05, 4.69) is 0 Å². The minimum absolute atomic E-state index is 0.300. The SMILES string of the molecule is Oc1cc(CCl)cc2ccccc12. The van der Waals surface area contributed by atoms with Crippen LogP contribution in [0.2, 0.25) is 0 Å². The van der Waals surface area contributed by atoms with Crippen LogP contribution in [-0.4, -0.2) is 5.11 Å². The summed E-state index contributed by atoms with van der Waals surface area (Å²) in [5.74, 6) is 0.729. The minimum Gasteiger partial charge on any atom is -0.507 e. The van der Waals surface area contributed by atoms with Crippen molar-refractivity contribution in [2.45, 2.75) is 5.88 Å². The van der Waals surface area contributed by atoms with Gasteiger partial charge in [-0.25, -0.2) is 0 Å². The number of fused-ring (bicyclic) bond motifs is 1. The molecule has 0 amide bonds. The highest BCUT2D eigenvalue weighted by molar-refractivity contribution is 6.17. The lowest BCUT2D eigenvalue weighted by Crippen LogP contribution is -1.79. The zero-order chi connectivity index (χ0) is 9.26. The van der Waals surface area contributed by atoms with Gasteiger partial charge in [0.15, 0.2) is 0 Å². The van der Waals surface area contributed by atoms with Crippen LogP contribution in [-0.2, 0) is 5.88 Å². The van der Waals surface area contributed by atoms with E-state index in [0.717, 1.165) is 16.3 Å². The first-order valence-corrected chi connectivity index (χ1v) is 4.61. The molecule has 2 rings (SSSR count). The van der Waals surface area contributed by atoms with Crippen LogP contribution in [0.15, 0.2) is 36.4 Å². The van der Waals surface area contributed by atoms with E-state index in [1.54, 1.807) is 6.07 Å². The van der Waals surface area contributed by atoms with Crippen molar-refractivity contribution in [3.8, 4) is 5.75 Å². The molecule has 0 aliphatic rings. The number of hydrogen-bond acceptors (Lipinski definition) is 1. The Labute approximate surface area is 81.6 Å². The monoisotopic (exact) mass is 192 g/mol. The summed E-state index contributed by atoms with van der Waals surface area (Å²) in [4.78, 5) is 0. The molecule has 2 heteroatoms. The predicted molar refractivity (Wildman–Crippen MR) is 55.2 cm³/mol. The van der Waals surface area contributed by atoms with Crippen molar-refractivity contribution < 1.29 is 5.11 Å². The number of aromatic hydroxyl groups is 1. The van der Waals surface area contributed by atoms with Gasteiger partial charge in [-0.15, -0.1) is 11.6 Å². The van der Waals surface area contributed by atoms with Crippen molar-refractivity contribution in [1.29, 1.82) is 0 Å². The van der Waals surface area contributed by atoms with Gasteiger partial charge >= 0.3 is 0 Å². The number of phenols is 1. The largest absolute Gasteiger partial charge is 0.507 e. The van der Waals surface area contributed by atoms with E-state index in [4.69, 9.17) is 11.6 Å². The van der Waals surface area contributed by atoms with Crippen molar-refractivity contribution in [2.75, 3.05) is 0 Å². The summed E-state index contributed by atoms with van der Waals surface area (Å²) < 4.78 is 0. The highest BCUT2D eigenvalue weighted by Gasteiger charge is 2.00. The molecule has 0 aliphatic carbocycles. The maximum absolute atomic E-state index is 9.62. The fourth-order valence-electron chi connectivity index (χ4n) is 1.43. The Morgan fingerprint density at radius 1 is 1.15 bits per heavy atom. The molecule has 0 fully saturated rings. The van der Waals surface area contributed by atoms with Gasteiger partial charge in [-0.3, -0.25) is 0 Å². The van der Waals surface area contributed by atoms with Crippen molar-refractivity contribution in [3.63, 3.8) is 0 Å². The van der Waals surface area contributed by atoms with Gasteiger partial charge in [-0.1, -0.05) is 24.3 Å². The molecule has 0 spiro atoms. The van der Waals surface area contributed by atoms with Gasteiger partial charge in [-0.05, 0) is 23.1 Å². The van der Waals surface area contributed by atoms with Crippen LogP contribution in [0.4, 0.5) is 0 Å². The second-order valence-electron chi connectivity index (χ2n) is 2.97. The molecule has 2 aromatic rings. The number of phenolic OH excluding ortho intramolecular Hbond substituents is 1. The molecule has 0 unspecified atom stereocenters. The van der Waals surface area contributed by atoms with E-state index in [1.165, 1.54) is 0 Å². The number of rotatable bonds is 1. The lowest BCUT2D eigenvalue weighted by atomic mass is 10.1. The lowest BCUT2D eigenvalue weighted by Gasteiger charge is -2.02. The quantitative estimate of drug-likeness (QED) is 0.688. The molecule has 0 heterocycles. The standard InChI is InChI=1S/C11H9ClO/c12-7-8-5-9-3-1-2-4-10(9)11(13)6-8/h1-6,13H,7H2. The molecule has 0 atom stereocenters. The van der Waals surface area contributed by atoms with Crippen LogP contribution in [0.1, 0.15) is 5.56 Å². The third kappa shape index (κ3) is 1.47. The van der Waals surface area contributed by atoms with E-state index in [-0.39, 0.29) is 0 Å². The summed E-state index contributed by atoms with van der Waals surface area (Å²) >= 11 is 5.69. The third-order valence-electron chi connectivity index (χ3n) is 2.05. The van der Waals surface area contributed by atoms with Crippen molar-refractivity contribution in [1.82, 2.24) is 0 Å². The molecule has 1 N–H and O–H groups in total. The number of benzene rings is 2. The smallest absolute Gasteiger partial charge is 0.123 e. The molecule has 0 saturated carbocycles. The van der Waals surface area contributed by atoms with Crippen LogP contribution < -0.4 is 0 Å². The molecule has 0 bridgehead atoms. The second kappa shape index (κ2) is 3.27. The number of halogens is 1. The van der Waals surface area contributed by atoms with Crippen molar-refractivity contribution in [2.24, 2.45) is 0 Å². The van der Waals surface area contributed by atoms with Gasteiger partial charge in [0.25, 0.3) is 0 Å². The molecule has 13 heavy (non-hydrogen) atoms. The normalized spacial score (nSPS) is 10.5. The first-order chi connectivity index (χ1) is 6.31. The second-order valence-corrected chi connectivity index (χ2v) is 3.24. The Morgan fingerprint density at radius 2 is 1.92 bits per heavy atom. The molecular weight excluding hydrogens is 184 g/mol. The van der Waals surface area contributed by atoms with Gasteiger partial charge in [0.2, 0.25) is 0 Å². The van der Waals surface area contributed by atoms with E-state index >= 15 is 0 Å². The molecular formula is C11H9ClO. The first kappa shape index (κ1) is 8.39. The van der Waals surface area contributed by atoms with Crippen LogP contribution in [0.5, 0.6) is 5.75 Å². The van der Waals surface area contributed by atoms with E-state index in [0.29, 0.717) is 11.6 Å². The van der Waals surface area contributed by atoms with Gasteiger partial charge in [0.1, 0.15) is 5.75 Å². The molecule has 0 saturated heterocycles. The highest BCUT2D eigenvalue weighted by atomic mass is 35.5. The summed E-state index contributed by atoms with van der Waals surface area (Å²) in [7, 11) is 0. The zero-order valence-electron chi connectivity index (χ0n) is 7.00. The maximum Gasteiger partial charge on any atom is 0.123 e. The average Bonchev–Trinajstić information content (AvgIpc) is 2.18. The lowest BCUT2D eigenvalue weighted by molar-refractivity contribution is 0.481. The zero-order valence-corrected chi connectivity index (χ0v) is 7.75. The summed E-state index contributed by atoms with van der Waals surface area (Å²) in [6, 6.07) is 11.4. The maximum atomic E-state index is 9.62. The van der Waals surface area contributed by atoms with Crippen LogP contribution >= 0.6 is 11.6 Å². The summed E-state index contributed by atoms with van der Waals surface area (Å²) in [5.41, 5.74) is 0.942. The van der Waals surface area contributed by atoms with E-state index in [1.807, 2.05) is 30.3 Å². The van der Waals surface area contributed by atoms with E-state index < -0.39 is 0 Å². The predicted octanol–water partition coefficient (Wildman–Crippen LogP) is 3.28. The Morgan fingerprint density at radius 3 is 2.69 bits per heavy atom. The number of alkyl halides is 1. The van der Waals surface area contributed by atoms with E-state index in [9.17, 15) is 5.11 Å². The van der Waals surface area contributed by atoms with Gasteiger partial charge in [0, 0.05) is 11.3 Å². The molecule has 0 radical (unpaired) electrons. The molecule has 2 aromatic carbocycles. The molecule has 66 valence electrons. The van der Waals surface area contributed by atoms with Gasteiger partial charge in [-0.2, -0.15) is 0 Å². The van der Waals surface area contributed by atoms with Gasteiger partial charge < -0.3 is 5.11 Å². The highest BCUT2D eigenvalue weighted by Crippen LogP contribution is 2.26. The summed E-state index contributed by atoms with van der Waals surface area (Å²) in [5, 5.41) is 11.5. The van der Waals surface area contributed by atoms with Gasteiger partial charge in [0.05, 0.1) is 0 Å². The molecule has 1 nitrogen and oxygen atoms in total. The summed E-state index contributed by atoms with van der Waals surface area (Å²) in [6.45, 7) is 0. The van der Waals surface area contributed by atoms with Crippen LogP contribution in [0.3, 0.4) is 0 Å². The minimum atomic E-state index is 0.300. The average molecular weight is 193 g/mol. The van der Waals surface area contributed by atoms with Crippen molar-refractivity contribution in [3.05, 3.63) is 42.0 Å². The first-order valence-electron chi connectivity index (χ1n) is 4.08. The fourth-order valence-corrected chi connectivity index (χ4v) is 1.58. The Bertz CT molecular complexity index is 437. The Kier molecular flexibility index (Phi) is 2.11. The molecule has 0 aromatic heterocycles. The summed E-state index contributed by atoms with van der Waals surface area (Å²) in [6.07, 6.45) is 0. The number of hydrogen-bond donors (Lipinski definition) is 1.